The lowest BCUT2D eigenvalue weighted by atomic mass is 10.1. The second kappa shape index (κ2) is 8.00. The molecule has 1 heterocycles. The summed E-state index contributed by atoms with van der Waals surface area (Å²) in [6.07, 6.45) is 2.61. The highest BCUT2D eigenvalue weighted by molar-refractivity contribution is 6.01. The number of rotatable bonds is 7. The number of Topliss-reactive ketones (excluding diaryl/α,β-unsaturated/α-hetero) is 1. The first-order valence-electron chi connectivity index (χ1n) is 7.32. The van der Waals surface area contributed by atoms with Gasteiger partial charge in [-0.3, -0.25) is 4.79 Å². The zero-order valence-electron chi connectivity index (χ0n) is 12.7. The summed E-state index contributed by atoms with van der Waals surface area (Å²) in [7, 11) is 3.11. The lowest BCUT2D eigenvalue weighted by Gasteiger charge is -2.22. The number of hydrogen-bond donors (Lipinski definition) is 1. The van der Waals surface area contributed by atoms with E-state index in [4.69, 9.17) is 14.2 Å². The topological polar surface area (TPSA) is 56.8 Å². The summed E-state index contributed by atoms with van der Waals surface area (Å²) in [5, 5.41) is 3.29. The molecule has 0 amide bonds. The molecule has 0 aromatic heterocycles. The van der Waals surface area contributed by atoms with Crippen LogP contribution < -0.4 is 14.8 Å². The van der Waals surface area contributed by atoms with E-state index in [-0.39, 0.29) is 11.9 Å². The van der Waals surface area contributed by atoms with Gasteiger partial charge in [-0.05, 0) is 38.1 Å². The third-order valence-electron chi connectivity index (χ3n) is 3.68. The first-order valence-corrected chi connectivity index (χ1v) is 7.32. The smallest absolute Gasteiger partial charge is 0.172 e. The van der Waals surface area contributed by atoms with Crippen molar-refractivity contribution in [3.05, 3.63) is 23.8 Å². The third kappa shape index (κ3) is 4.19. The molecule has 0 unspecified atom stereocenters. The normalized spacial score (nSPS) is 15.7. The second-order valence-electron chi connectivity index (χ2n) is 5.03. The molecular formula is C16H23NO4. The lowest BCUT2D eigenvalue weighted by Crippen LogP contribution is -2.32. The highest BCUT2D eigenvalue weighted by atomic mass is 16.5. The van der Waals surface area contributed by atoms with E-state index in [1.165, 1.54) is 0 Å². The fourth-order valence-electron chi connectivity index (χ4n) is 2.53. The number of methoxy groups -OCH3 is 2. The molecule has 116 valence electrons. The molecule has 1 aromatic rings. The molecule has 1 aliphatic rings. The molecule has 5 heteroatoms. The molecule has 0 spiro atoms. The van der Waals surface area contributed by atoms with Gasteiger partial charge in [0.25, 0.3) is 0 Å². The number of ketones is 1. The van der Waals surface area contributed by atoms with Crippen LogP contribution in [-0.2, 0) is 4.74 Å². The standard InChI is InChI=1S/C16H23NO4/c1-19-14-4-3-5-15(20-2)16(14)13(18)8-11-21-12-6-9-17-10-7-12/h3-5,12,17H,6-11H2,1-2H3. The van der Waals surface area contributed by atoms with Crippen molar-refractivity contribution in [2.45, 2.75) is 25.4 Å². The van der Waals surface area contributed by atoms with E-state index in [0.717, 1.165) is 25.9 Å². The van der Waals surface area contributed by atoms with Crippen molar-refractivity contribution in [2.24, 2.45) is 0 Å². The molecule has 0 bridgehead atoms. The van der Waals surface area contributed by atoms with Gasteiger partial charge in [0, 0.05) is 6.42 Å². The molecule has 1 aliphatic heterocycles. The van der Waals surface area contributed by atoms with Crippen LogP contribution in [0.1, 0.15) is 29.6 Å². The van der Waals surface area contributed by atoms with Crippen molar-refractivity contribution >= 4 is 5.78 Å². The monoisotopic (exact) mass is 293 g/mol. The van der Waals surface area contributed by atoms with Crippen molar-refractivity contribution in [3.63, 3.8) is 0 Å². The van der Waals surface area contributed by atoms with Gasteiger partial charge in [-0.15, -0.1) is 0 Å². The van der Waals surface area contributed by atoms with Gasteiger partial charge in [-0.1, -0.05) is 6.07 Å². The van der Waals surface area contributed by atoms with Crippen molar-refractivity contribution in [2.75, 3.05) is 33.9 Å². The van der Waals surface area contributed by atoms with Crippen LogP contribution in [0.25, 0.3) is 0 Å². The Morgan fingerprint density at radius 1 is 1.19 bits per heavy atom. The van der Waals surface area contributed by atoms with Crippen LogP contribution >= 0.6 is 0 Å². The number of carbonyl (C=O) groups excluding carboxylic acids is 1. The van der Waals surface area contributed by atoms with Gasteiger partial charge < -0.3 is 19.5 Å². The van der Waals surface area contributed by atoms with Gasteiger partial charge in [0.05, 0.1) is 26.9 Å². The van der Waals surface area contributed by atoms with Crippen molar-refractivity contribution in [3.8, 4) is 11.5 Å². The van der Waals surface area contributed by atoms with Crippen molar-refractivity contribution in [1.82, 2.24) is 5.32 Å². The summed E-state index contributed by atoms with van der Waals surface area (Å²) >= 11 is 0. The molecule has 1 N–H and O–H groups in total. The van der Waals surface area contributed by atoms with Gasteiger partial charge in [0.1, 0.15) is 17.1 Å². The molecule has 1 fully saturated rings. The summed E-state index contributed by atoms with van der Waals surface area (Å²) < 4.78 is 16.3. The minimum atomic E-state index is -0.0155. The molecule has 21 heavy (non-hydrogen) atoms. The Hall–Kier alpha value is -1.59. The summed E-state index contributed by atoms with van der Waals surface area (Å²) in [6, 6.07) is 5.34. The van der Waals surface area contributed by atoms with Crippen molar-refractivity contribution in [1.29, 1.82) is 0 Å². The Kier molecular flexibility index (Phi) is 6.02. The summed E-state index contributed by atoms with van der Waals surface area (Å²) in [5.41, 5.74) is 0.497. The van der Waals surface area contributed by atoms with Gasteiger partial charge in [-0.2, -0.15) is 0 Å². The molecule has 2 rings (SSSR count). The summed E-state index contributed by atoms with van der Waals surface area (Å²) in [4.78, 5) is 12.4. The van der Waals surface area contributed by atoms with E-state index < -0.39 is 0 Å². The van der Waals surface area contributed by atoms with Gasteiger partial charge in [-0.25, -0.2) is 0 Å². The minimum absolute atomic E-state index is 0.0155. The number of piperidine rings is 1. The number of carbonyl (C=O) groups is 1. The van der Waals surface area contributed by atoms with E-state index in [2.05, 4.69) is 5.32 Å². The number of benzene rings is 1. The molecule has 0 aliphatic carbocycles. The van der Waals surface area contributed by atoms with Gasteiger partial charge >= 0.3 is 0 Å². The maximum Gasteiger partial charge on any atom is 0.172 e. The largest absolute Gasteiger partial charge is 0.496 e. The average Bonchev–Trinajstić information content (AvgIpc) is 2.54. The van der Waals surface area contributed by atoms with Crippen LogP contribution in [0.5, 0.6) is 11.5 Å². The van der Waals surface area contributed by atoms with Gasteiger partial charge in [0.15, 0.2) is 5.78 Å². The molecule has 1 saturated heterocycles. The van der Waals surface area contributed by atoms with Crippen LogP contribution in [0, 0.1) is 0 Å². The highest BCUT2D eigenvalue weighted by Crippen LogP contribution is 2.29. The van der Waals surface area contributed by atoms with E-state index in [9.17, 15) is 4.79 Å². The average molecular weight is 293 g/mol. The van der Waals surface area contributed by atoms with Crippen LogP contribution in [0.15, 0.2) is 18.2 Å². The number of ether oxygens (including phenoxy) is 3. The van der Waals surface area contributed by atoms with Crippen molar-refractivity contribution < 1.29 is 19.0 Å². The summed E-state index contributed by atoms with van der Waals surface area (Å²) in [6.45, 7) is 2.41. The molecule has 0 saturated carbocycles. The fourth-order valence-corrected chi connectivity index (χ4v) is 2.53. The number of nitrogens with one attached hydrogen (secondary N) is 1. The van der Waals surface area contributed by atoms with E-state index in [1.54, 1.807) is 32.4 Å². The molecule has 0 atom stereocenters. The quantitative estimate of drug-likeness (QED) is 0.780. The SMILES string of the molecule is COc1cccc(OC)c1C(=O)CCOC1CCNCC1. The van der Waals surface area contributed by atoms with Gasteiger partial charge in [0.2, 0.25) is 0 Å². The molecular weight excluding hydrogens is 270 g/mol. The number of hydrogen-bond acceptors (Lipinski definition) is 5. The minimum Gasteiger partial charge on any atom is -0.496 e. The Labute approximate surface area is 125 Å². The predicted molar refractivity (Wildman–Crippen MR) is 80.3 cm³/mol. The second-order valence-corrected chi connectivity index (χ2v) is 5.03. The Balaban J connectivity index is 1.93. The molecule has 0 radical (unpaired) electrons. The first kappa shape index (κ1) is 15.8. The highest BCUT2D eigenvalue weighted by Gasteiger charge is 2.19. The predicted octanol–water partition coefficient (Wildman–Crippen LogP) is 2.05. The fraction of sp³-hybridized carbons (Fsp3) is 0.562. The third-order valence-corrected chi connectivity index (χ3v) is 3.68. The lowest BCUT2D eigenvalue weighted by molar-refractivity contribution is 0.0313. The first-order chi connectivity index (χ1) is 10.3. The van der Waals surface area contributed by atoms with Crippen LogP contribution in [0.4, 0.5) is 0 Å². The summed E-state index contributed by atoms with van der Waals surface area (Å²) in [5.74, 6) is 1.07. The molecule has 5 nitrogen and oxygen atoms in total. The van der Waals surface area contributed by atoms with Crippen LogP contribution in [-0.4, -0.2) is 45.8 Å². The van der Waals surface area contributed by atoms with E-state index >= 15 is 0 Å². The Morgan fingerprint density at radius 2 is 1.81 bits per heavy atom. The van der Waals surface area contributed by atoms with Crippen LogP contribution in [0.2, 0.25) is 0 Å². The Morgan fingerprint density at radius 3 is 2.38 bits per heavy atom. The Bertz CT molecular complexity index is 447. The zero-order valence-corrected chi connectivity index (χ0v) is 12.7. The maximum absolute atomic E-state index is 12.4. The van der Waals surface area contributed by atoms with E-state index in [0.29, 0.717) is 30.1 Å². The zero-order chi connectivity index (χ0) is 15.1. The van der Waals surface area contributed by atoms with Crippen LogP contribution in [0.3, 0.4) is 0 Å². The maximum atomic E-state index is 12.4. The molecule has 1 aromatic carbocycles. The van der Waals surface area contributed by atoms with E-state index in [1.807, 2.05) is 0 Å².